The number of urea groups is 1. The normalized spacial score (nSPS) is 19.2. The maximum Gasteiger partial charge on any atom is 0.319 e. The molecule has 3 N–H and O–H groups in total. The van der Waals surface area contributed by atoms with Gasteiger partial charge in [-0.25, -0.2) is 17.9 Å². The number of hydrogen-bond donors (Lipinski definition) is 3. The number of carbonyl (C=O) groups is 1. The van der Waals surface area contributed by atoms with Crippen LogP contribution >= 0.6 is 0 Å². The second-order valence-electron chi connectivity index (χ2n) is 7.24. The van der Waals surface area contributed by atoms with Crippen LogP contribution in [0.1, 0.15) is 38.2 Å². The molecule has 1 saturated carbocycles. The van der Waals surface area contributed by atoms with E-state index in [4.69, 9.17) is 4.74 Å². The number of carbonyl (C=O) groups excluding carboxylic acids is 1. The minimum absolute atomic E-state index is 0.0808. The van der Waals surface area contributed by atoms with Crippen LogP contribution in [0.5, 0.6) is 0 Å². The van der Waals surface area contributed by atoms with Crippen LogP contribution in [0.15, 0.2) is 53.7 Å². The predicted molar refractivity (Wildman–Crippen MR) is 115 cm³/mol. The summed E-state index contributed by atoms with van der Waals surface area (Å²) in [5.41, 5.74) is 1.39. The summed E-state index contributed by atoms with van der Waals surface area (Å²) >= 11 is 0. The first-order valence-corrected chi connectivity index (χ1v) is 11.6. The molecule has 1 aliphatic carbocycles. The number of rotatable bonds is 8. The molecule has 0 bridgehead atoms. The summed E-state index contributed by atoms with van der Waals surface area (Å²) in [7, 11) is -3.61. The van der Waals surface area contributed by atoms with Crippen LogP contribution in [-0.2, 0) is 21.3 Å². The van der Waals surface area contributed by atoms with Crippen molar-refractivity contribution in [1.82, 2.24) is 15.0 Å². The van der Waals surface area contributed by atoms with E-state index in [2.05, 4.69) is 20.3 Å². The van der Waals surface area contributed by atoms with E-state index in [1.54, 1.807) is 30.6 Å². The predicted octanol–water partition coefficient (Wildman–Crippen LogP) is 3.03. The maximum absolute atomic E-state index is 12.7. The number of anilines is 1. The topological polar surface area (TPSA) is 109 Å². The average molecular weight is 433 g/mol. The Kier molecular flexibility index (Phi) is 7.78. The third-order valence-corrected chi connectivity index (χ3v) is 6.53. The molecule has 0 spiro atoms. The van der Waals surface area contributed by atoms with Crippen LogP contribution in [0.4, 0.5) is 10.5 Å². The number of ether oxygens (including phenoxy) is 1. The number of nitrogens with zero attached hydrogens (tertiary/aromatic N) is 1. The summed E-state index contributed by atoms with van der Waals surface area (Å²) in [6.45, 7) is 3.00. The van der Waals surface area contributed by atoms with Crippen LogP contribution < -0.4 is 15.4 Å². The van der Waals surface area contributed by atoms with Gasteiger partial charge in [0.1, 0.15) is 0 Å². The first-order chi connectivity index (χ1) is 14.5. The summed E-state index contributed by atoms with van der Waals surface area (Å²) in [5, 5.41) is 5.42. The van der Waals surface area contributed by atoms with Crippen LogP contribution in [0.2, 0.25) is 0 Å². The monoisotopic (exact) mass is 432 g/mol. The smallest absolute Gasteiger partial charge is 0.319 e. The summed E-state index contributed by atoms with van der Waals surface area (Å²) in [4.78, 5) is 16.2. The van der Waals surface area contributed by atoms with Gasteiger partial charge in [0.05, 0.1) is 11.0 Å². The second-order valence-corrected chi connectivity index (χ2v) is 8.96. The van der Waals surface area contributed by atoms with Crippen LogP contribution in [-0.4, -0.2) is 38.2 Å². The van der Waals surface area contributed by atoms with E-state index in [1.807, 2.05) is 13.0 Å². The second kappa shape index (κ2) is 10.5. The van der Waals surface area contributed by atoms with E-state index in [9.17, 15) is 13.2 Å². The van der Waals surface area contributed by atoms with Crippen LogP contribution in [0, 0.1) is 0 Å². The lowest BCUT2D eigenvalue weighted by Crippen LogP contribution is -2.39. The van der Waals surface area contributed by atoms with E-state index in [0.29, 0.717) is 18.8 Å². The summed E-state index contributed by atoms with van der Waals surface area (Å²) in [5.74, 6) is 0. The fourth-order valence-electron chi connectivity index (χ4n) is 3.45. The highest BCUT2D eigenvalue weighted by Crippen LogP contribution is 2.23. The zero-order chi connectivity index (χ0) is 21.4. The summed E-state index contributed by atoms with van der Waals surface area (Å²) in [6, 6.07) is 9.33. The molecule has 2 aromatic rings. The number of amides is 2. The zero-order valence-electron chi connectivity index (χ0n) is 17.0. The van der Waals surface area contributed by atoms with Gasteiger partial charge in [0.2, 0.25) is 10.0 Å². The molecule has 8 nitrogen and oxygen atoms in total. The molecule has 2 amide bonds. The Morgan fingerprint density at radius 2 is 1.87 bits per heavy atom. The average Bonchev–Trinajstić information content (AvgIpc) is 2.75. The van der Waals surface area contributed by atoms with Crippen molar-refractivity contribution in [2.75, 3.05) is 11.9 Å². The number of hydrogen-bond acceptors (Lipinski definition) is 5. The summed E-state index contributed by atoms with van der Waals surface area (Å²) < 4.78 is 33.7. The maximum atomic E-state index is 12.7. The van der Waals surface area contributed by atoms with Gasteiger partial charge in [-0.15, -0.1) is 0 Å². The highest BCUT2D eigenvalue weighted by atomic mass is 32.2. The van der Waals surface area contributed by atoms with E-state index in [1.165, 1.54) is 12.1 Å². The number of aromatic nitrogens is 1. The van der Waals surface area contributed by atoms with Gasteiger partial charge in [-0.1, -0.05) is 6.07 Å². The molecule has 162 valence electrons. The van der Waals surface area contributed by atoms with Gasteiger partial charge in [-0.3, -0.25) is 4.98 Å². The molecule has 30 heavy (non-hydrogen) atoms. The Balaban J connectivity index is 1.49. The quantitative estimate of drug-likeness (QED) is 0.594. The highest BCUT2D eigenvalue weighted by molar-refractivity contribution is 7.89. The van der Waals surface area contributed by atoms with Crippen molar-refractivity contribution in [3.8, 4) is 0 Å². The first-order valence-electron chi connectivity index (χ1n) is 10.1. The van der Waals surface area contributed by atoms with E-state index >= 15 is 0 Å². The molecule has 0 saturated heterocycles. The molecule has 0 radical (unpaired) electrons. The SMILES string of the molecule is CCOC1CCC(NS(=O)(=O)c2ccc(NC(=O)NCc3cccnc3)cc2)CC1. The van der Waals surface area contributed by atoms with Gasteiger partial charge in [-0.05, 0) is 68.5 Å². The van der Waals surface area contributed by atoms with E-state index in [-0.39, 0.29) is 23.1 Å². The van der Waals surface area contributed by atoms with Crippen molar-refractivity contribution in [2.24, 2.45) is 0 Å². The fraction of sp³-hybridized carbons (Fsp3) is 0.429. The molecule has 1 aliphatic rings. The Morgan fingerprint density at radius 1 is 1.13 bits per heavy atom. The Hall–Kier alpha value is -2.49. The van der Waals surface area contributed by atoms with Crippen molar-refractivity contribution >= 4 is 21.7 Å². The lowest BCUT2D eigenvalue weighted by molar-refractivity contribution is 0.0321. The van der Waals surface area contributed by atoms with E-state index in [0.717, 1.165) is 31.2 Å². The largest absolute Gasteiger partial charge is 0.379 e. The lowest BCUT2D eigenvalue weighted by atomic mass is 9.94. The van der Waals surface area contributed by atoms with Gasteiger partial charge in [-0.2, -0.15) is 0 Å². The van der Waals surface area contributed by atoms with Crippen molar-refractivity contribution in [2.45, 2.75) is 56.2 Å². The van der Waals surface area contributed by atoms with Crippen LogP contribution in [0.25, 0.3) is 0 Å². The van der Waals surface area contributed by atoms with Crippen molar-refractivity contribution in [1.29, 1.82) is 0 Å². The molecule has 9 heteroatoms. The minimum atomic E-state index is -3.61. The van der Waals surface area contributed by atoms with Gasteiger partial charge in [0.25, 0.3) is 0 Å². The third-order valence-electron chi connectivity index (χ3n) is 5.00. The molecule has 1 aromatic heterocycles. The number of sulfonamides is 1. The zero-order valence-corrected chi connectivity index (χ0v) is 17.8. The minimum Gasteiger partial charge on any atom is -0.379 e. The Labute approximate surface area is 177 Å². The molecule has 0 unspecified atom stereocenters. The first kappa shape index (κ1) is 22.2. The van der Waals surface area contributed by atoms with Crippen LogP contribution in [0.3, 0.4) is 0 Å². The molecule has 1 heterocycles. The number of pyridine rings is 1. The van der Waals surface area contributed by atoms with Gasteiger partial charge >= 0.3 is 6.03 Å². The third kappa shape index (κ3) is 6.51. The number of nitrogens with one attached hydrogen (secondary N) is 3. The van der Waals surface area contributed by atoms with Crippen molar-refractivity contribution in [3.63, 3.8) is 0 Å². The molecule has 1 fully saturated rings. The van der Waals surface area contributed by atoms with Crippen molar-refractivity contribution < 1.29 is 17.9 Å². The van der Waals surface area contributed by atoms with Gasteiger partial charge in [0, 0.05) is 37.3 Å². The molecule has 1 aromatic carbocycles. The van der Waals surface area contributed by atoms with Gasteiger partial charge < -0.3 is 15.4 Å². The lowest BCUT2D eigenvalue weighted by Gasteiger charge is -2.28. The Bertz CT molecular complexity index is 912. The number of benzene rings is 1. The molecule has 0 atom stereocenters. The summed E-state index contributed by atoms with van der Waals surface area (Å²) in [6.07, 6.45) is 6.82. The Morgan fingerprint density at radius 3 is 2.50 bits per heavy atom. The van der Waals surface area contributed by atoms with Crippen molar-refractivity contribution in [3.05, 3.63) is 54.4 Å². The molecular formula is C21H28N4O4S. The molecule has 3 rings (SSSR count). The fourth-order valence-corrected chi connectivity index (χ4v) is 4.75. The highest BCUT2D eigenvalue weighted by Gasteiger charge is 2.25. The van der Waals surface area contributed by atoms with Gasteiger partial charge in [0.15, 0.2) is 0 Å². The van der Waals surface area contributed by atoms with E-state index < -0.39 is 10.0 Å². The standard InChI is InChI=1S/C21H28N4O4S/c1-2-29-19-9-5-18(6-10-19)25-30(27,28)20-11-7-17(8-12-20)24-21(26)23-15-16-4-3-13-22-14-16/h3-4,7-8,11-14,18-19,25H,2,5-6,9-10,15H2,1H3,(H2,23,24,26). The molecule has 0 aliphatic heterocycles. The molecular weight excluding hydrogens is 404 g/mol.